The highest BCUT2D eigenvalue weighted by Gasteiger charge is 2.19. The topological polar surface area (TPSA) is 38.4 Å². The van der Waals surface area contributed by atoms with Crippen LogP contribution in [0.1, 0.15) is 0 Å². The molecule has 0 radical (unpaired) electrons. The van der Waals surface area contributed by atoms with E-state index in [-0.39, 0.29) is 0 Å². The molecule has 18 heavy (non-hydrogen) atoms. The minimum atomic E-state index is -0.544. The lowest BCUT2D eigenvalue weighted by Gasteiger charge is -2.13. The van der Waals surface area contributed by atoms with Crippen LogP contribution >= 0.6 is 10.9 Å². The molecule has 4 rings (SSSR count). The quantitative estimate of drug-likeness (QED) is 0.668. The molecule has 1 aromatic heterocycles. The number of rotatable bonds is 1. The molecule has 1 aliphatic rings. The van der Waals surface area contributed by atoms with Gasteiger partial charge in [-0.15, -0.1) is 0 Å². The first-order valence-corrected chi connectivity index (χ1v) is 7.09. The molecule has 1 aliphatic heterocycles. The van der Waals surface area contributed by atoms with Gasteiger partial charge in [0.05, 0.1) is 5.69 Å². The highest BCUT2D eigenvalue weighted by atomic mass is 32.2. The largest absolute Gasteiger partial charge is 0.443 e. The number of thiol groups is 1. The number of oxazole rings is 1. The average molecular weight is 254 g/mol. The smallest absolute Gasteiger partial charge is 0.182 e. The number of benzene rings is 2. The van der Waals surface area contributed by atoms with Gasteiger partial charge in [0, 0.05) is 15.3 Å². The molecule has 2 heterocycles. The predicted molar refractivity (Wildman–Crippen MR) is 74.1 cm³/mol. The lowest BCUT2D eigenvalue weighted by molar-refractivity contribution is 0.602. The lowest BCUT2D eigenvalue weighted by atomic mass is 10.3. The van der Waals surface area contributed by atoms with Crippen LogP contribution < -0.4 is 0 Å². The normalized spacial score (nSPS) is 19.2. The third-order valence-corrected chi connectivity index (χ3v) is 5.18. The van der Waals surface area contributed by atoms with Crippen LogP contribution in [-0.4, -0.2) is 10.5 Å². The van der Waals surface area contributed by atoms with Crippen LogP contribution in [0.4, 0.5) is 5.69 Å². The molecule has 0 saturated heterocycles. The van der Waals surface area contributed by atoms with Gasteiger partial charge in [-0.3, -0.25) is 4.99 Å². The second-order valence-corrected chi connectivity index (χ2v) is 6.01. The maximum Gasteiger partial charge on any atom is 0.182 e. The van der Waals surface area contributed by atoms with E-state index in [1.165, 1.54) is 16.2 Å². The van der Waals surface area contributed by atoms with Gasteiger partial charge in [0.25, 0.3) is 0 Å². The zero-order valence-electron chi connectivity index (χ0n) is 9.45. The monoisotopic (exact) mass is 254 g/mol. The molecule has 0 N–H and O–H groups in total. The molecule has 3 aromatic rings. The summed E-state index contributed by atoms with van der Waals surface area (Å²) in [6, 6.07) is 14.4. The summed E-state index contributed by atoms with van der Waals surface area (Å²) in [5, 5.41) is 0. The molecular formula is C14H10N2OS. The average Bonchev–Trinajstić information content (AvgIpc) is 3.05. The van der Waals surface area contributed by atoms with Crippen LogP contribution in [0.2, 0.25) is 0 Å². The van der Waals surface area contributed by atoms with Gasteiger partial charge >= 0.3 is 0 Å². The molecule has 3 nitrogen and oxygen atoms in total. The molecule has 0 bridgehead atoms. The van der Waals surface area contributed by atoms with E-state index in [9.17, 15) is 0 Å². The second-order valence-electron chi connectivity index (χ2n) is 4.08. The molecule has 0 saturated carbocycles. The number of aliphatic imine (C=N–C) groups is 1. The van der Waals surface area contributed by atoms with Crippen molar-refractivity contribution >= 4 is 33.2 Å². The fraction of sp³-hybridized carbons (Fsp3) is 0. The van der Waals surface area contributed by atoms with E-state index >= 15 is 0 Å². The van der Waals surface area contributed by atoms with E-state index in [1.807, 2.05) is 23.7 Å². The minimum absolute atomic E-state index is 0.544. The van der Waals surface area contributed by atoms with Gasteiger partial charge < -0.3 is 4.42 Å². The summed E-state index contributed by atoms with van der Waals surface area (Å²) in [7, 11) is -0.544. The molecule has 0 aliphatic carbocycles. The summed E-state index contributed by atoms with van der Waals surface area (Å²) in [4.78, 5) is 11.3. The first-order chi connectivity index (χ1) is 8.93. The Labute approximate surface area is 107 Å². The first kappa shape index (κ1) is 9.91. The summed E-state index contributed by atoms with van der Waals surface area (Å²) in [6.45, 7) is 0. The van der Waals surface area contributed by atoms with E-state index in [4.69, 9.17) is 4.42 Å². The fourth-order valence-electron chi connectivity index (χ4n) is 2.22. The van der Waals surface area contributed by atoms with Crippen molar-refractivity contribution in [1.82, 2.24) is 4.98 Å². The Morgan fingerprint density at radius 2 is 1.83 bits per heavy atom. The SMILES string of the molecule is C1=Nc2ccccc2[SH]1c1cccc2ocnc12. The summed E-state index contributed by atoms with van der Waals surface area (Å²) < 4.78 is 5.36. The van der Waals surface area contributed by atoms with Crippen molar-refractivity contribution in [3.05, 3.63) is 48.9 Å². The number of aromatic nitrogens is 1. The molecule has 88 valence electrons. The number of hydrogen-bond acceptors (Lipinski definition) is 3. The highest BCUT2D eigenvalue weighted by molar-refractivity contribution is 8.29. The van der Waals surface area contributed by atoms with Crippen molar-refractivity contribution in [2.45, 2.75) is 9.79 Å². The van der Waals surface area contributed by atoms with Crippen LogP contribution in [0.5, 0.6) is 0 Å². The van der Waals surface area contributed by atoms with Gasteiger partial charge in [-0.2, -0.15) is 10.9 Å². The van der Waals surface area contributed by atoms with Crippen molar-refractivity contribution < 1.29 is 4.42 Å². The Kier molecular flexibility index (Phi) is 2.04. The summed E-state index contributed by atoms with van der Waals surface area (Å²) >= 11 is 0. The van der Waals surface area contributed by atoms with Crippen LogP contribution in [0.15, 0.2) is 68.1 Å². The molecule has 0 spiro atoms. The van der Waals surface area contributed by atoms with Gasteiger partial charge in [0.1, 0.15) is 5.52 Å². The van der Waals surface area contributed by atoms with Gasteiger partial charge in [-0.1, -0.05) is 18.2 Å². The third-order valence-electron chi connectivity index (χ3n) is 3.05. The molecular weight excluding hydrogens is 244 g/mol. The van der Waals surface area contributed by atoms with Crippen LogP contribution in [0.3, 0.4) is 0 Å². The van der Waals surface area contributed by atoms with Crippen molar-refractivity contribution in [1.29, 1.82) is 0 Å². The second kappa shape index (κ2) is 3.71. The first-order valence-electron chi connectivity index (χ1n) is 5.68. The van der Waals surface area contributed by atoms with Crippen LogP contribution in [0.25, 0.3) is 11.1 Å². The Hall–Kier alpha value is -2.07. The standard InChI is InChI=1S/C14H10N2OS/c1-2-6-12-10(4-1)16-9-18(12)13-7-3-5-11-14(13)15-8-17-11/h1-9,18H. The van der Waals surface area contributed by atoms with Crippen molar-refractivity contribution in [2.75, 3.05) is 0 Å². The highest BCUT2D eigenvalue weighted by Crippen LogP contribution is 2.52. The maximum atomic E-state index is 5.36. The van der Waals surface area contributed by atoms with Gasteiger partial charge in [0.15, 0.2) is 12.0 Å². The number of hydrogen-bond donors (Lipinski definition) is 1. The minimum Gasteiger partial charge on any atom is -0.443 e. The summed E-state index contributed by atoms with van der Waals surface area (Å²) in [6.07, 6.45) is 1.50. The number of fused-ring (bicyclic) bond motifs is 2. The summed E-state index contributed by atoms with van der Waals surface area (Å²) in [5.41, 5.74) is 4.91. The van der Waals surface area contributed by atoms with Crippen molar-refractivity contribution in [3.63, 3.8) is 0 Å². The van der Waals surface area contributed by atoms with Gasteiger partial charge in [-0.05, 0) is 24.3 Å². The van der Waals surface area contributed by atoms with Gasteiger partial charge in [0.2, 0.25) is 0 Å². The Morgan fingerprint density at radius 3 is 2.83 bits per heavy atom. The molecule has 0 amide bonds. The van der Waals surface area contributed by atoms with Crippen molar-refractivity contribution in [3.8, 4) is 0 Å². The van der Waals surface area contributed by atoms with Crippen molar-refractivity contribution in [2.24, 2.45) is 4.99 Å². The van der Waals surface area contributed by atoms with E-state index in [1.54, 1.807) is 0 Å². The Morgan fingerprint density at radius 1 is 0.944 bits per heavy atom. The van der Waals surface area contributed by atoms with E-state index in [0.717, 1.165) is 16.8 Å². The zero-order valence-corrected chi connectivity index (χ0v) is 10.3. The number of para-hydroxylation sites is 2. The van der Waals surface area contributed by atoms with E-state index in [0.29, 0.717) is 0 Å². The molecule has 0 fully saturated rings. The molecule has 2 aromatic carbocycles. The van der Waals surface area contributed by atoms with Gasteiger partial charge in [-0.25, -0.2) is 4.98 Å². The Balaban J connectivity index is 1.95. The molecule has 1 unspecified atom stereocenters. The molecule has 4 heteroatoms. The zero-order chi connectivity index (χ0) is 11.9. The maximum absolute atomic E-state index is 5.36. The molecule has 1 atom stereocenters. The number of nitrogens with zero attached hydrogens (tertiary/aromatic N) is 2. The van der Waals surface area contributed by atoms with Crippen LogP contribution in [0, 0.1) is 0 Å². The van der Waals surface area contributed by atoms with E-state index < -0.39 is 10.9 Å². The van der Waals surface area contributed by atoms with Crippen LogP contribution in [-0.2, 0) is 0 Å². The summed E-state index contributed by atoms with van der Waals surface area (Å²) in [5.74, 6) is 0. The fourth-order valence-corrected chi connectivity index (χ4v) is 4.23. The predicted octanol–water partition coefficient (Wildman–Crippen LogP) is 3.92. The van der Waals surface area contributed by atoms with E-state index in [2.05, 4.69) is 34.2 Å². The Bertz CT molecular complexity index is 763. The third kappa shape index (κ3) is 1.32. The lowest BCUT2D eigenvalue weighted by Crippen LogP contribution is -1.84.